The van der Waals surface area contributed by atoms with Gasteiger partial charge in [0.05, 0.1) is 0 Å². The summed E-state index contributed by atoms with van der Waals surface area (Å²) in [5.41, 5.74) is 1.63. The molecule has 0 aromatic carbocycles. The van der Waals surface area contributed by atoms with Crippen LogP contribution in [0, 0.1) is 5.41 Å². The Morgan fingerprint density at radius 3 is 2.64 bits per heavy atom. The molecule has 6 heteroatoms. The fourth-order valence-electron chi connectivity index (χ4n) is 3.59. The molecule has 0 radical (unpaired) electrons. The highest BCUT2D eigenvalue weighted by Gasteiger charge is 2.30. The molecule has 138 valence electrons. The first-order chi connectivity index (χ1) is 12.0. The van der Waals surface area contributed by atoms with Crippen molar-refractivity contribution in [1.82, 2.24) is 20.1 Å². The van der Waals surface area contributed by atoms with E-state index in [-0.39, 0.29) is 0 Å². The van der Waals surface area contributed by atoms with E-state index in [1.807, 2.05) is 13.2 Å². The highest BCUT2D eigenvalue weighted by Crippen LogP contribution is 2.28. The molecule has 0 saturated carbocycles. The molecule has 0 unspecified atom stereocenters. The van der Waals surface area contributed by atoms with Crippen LogP contribution in [0.1, 0.15) is 25.8 Å². The van der Waals surface area contributed by atoms with Crippen LogP contribution in [0.5, 0.6) is 0 Å². The van der Waals surface area contributed by atoms with E-state index in [9.17, 15) is 0 Å². The van der Waals surface area contributed by atoms with E-state index in [4.69, 9.17) is 0 Å². The number of hydrogen-bond acceptors (Lipinski definition) is 4. The summed E-state index contributed by atoms with van der Waals surface area (Å²) in [6.45, 7) is 11.9. The Hall–Kier alpha value is -1.82. The molecule has 1 aromatic heterocycles. The molecular formula is C19H32N6. The molecule has 2 fully saturated rings. The number of likely N-dealkylation sites (N-methyl/N-ethyl adjacent to an activating group) is 1. The number of guanidine groups is 1. The number of likely N-dealkylation sites (tertiary alicyclic amines) is 1. The lowest BCUT2D eigenvalue weighted by Gasteiger charge is -2.33. The average Bonchev–Trinajstić information content (AvgIpc) is 2.96. The van der Waals surface area contributed by atoms with Gasteiger partial charge in [0.1, 0.15) is 5.82 Å². The SMILES string of the molecule is CN=C(NCc1ccnc(N2CCN(C)CC2)c1)N1CCC(C)(C)C1. The van der Waals surface area contributed by atoms with Crippen molar-refractivity contribution in [3.63, 3.8) is 0 Å². The zero-order chi connectivity index (χ0) is 17.9. The Morgan fingerprint density at radius 1 is 1.24 bits per heavy atom. The Kier molecular flexibility index (Phi) is 5.47. The van der Waals surface area contributed by atoms with Crippen LogP contribution in [0.15, 0.2) is 23.3 Å². The highest BCUT2D eigenvalue weighted by atomic mass is 15.3. The number of nitrogens with zero attached hydrogens (tertiary/aromatic N) is 5. The van der Waals surface area contributed by atoms with Crippen LogP contribution in [0.3, 0.4) is 0 Å². The Balaban J connectivity index is 1.58. The number of anilines is 1. The fourth-order valence-corrected chi connectivity index (χ4v) is 3.59. The van der Waals surface area contributed by atoms with Crippen LogP contribution in [0.4, 0.5) is 5.82 Å². The van der Waals surface area contributed by atoms with Crippen molar-refractivity contribution in [3.05, 3.63) is 23.9 Å². The third-order valence-corrected chi connectivity index (χ3v) is 5.28. The second kappa shape index (κ2) is 7.60. The van der Waals surface area contributed by atoms with Gasteiger partial charge in [0.15, 0.2) is 5.96 Å². The van der Waals surface area contributed by atoms with Crippen LogP contribution in [-0.2, 0) is 6.54 Å². The summed E-state index contributed by atoms with van der Waals surface area (Å²) in [4.78, 5) is 16.1. The summed E-state index contributed by atoms with van der Waals surface area (Å²) in [7, 11) is 4.05. The van der Waals surface area contributed by atoms with Gasteiger partial charge >= 0.3 is 0 Å². The van der Waals surface area contributed by atoms with Crippen molar-refractivity contribution >= 4 is 11.8 Å². The third kappa shape index (κ3) is 4.63. The van der Waals surface area contributed by atoms with E-state index in [2.05, 4.69) is 63.0 Å². The first-order valence-corrected chi connectivity index (χ1v) is 9.31. The molecule has 0 amide bonds. The molecule has 2 aliphatic rings. The third-order valence-electron chi connectivity index (χ3n) is 5.28. The van der Waals surface area contributed by atoms with E-state index in [1.54, 1.807) is 0 Å². The van der Waals surface area contributed by atoms with Crippen molar-refractivity contribution < 1.29 is 0 Å². The lowest BCUT2D eigenvalue weighted by molar-refractivity contribution is 0.312. The van der Waals surface area contributed by atoms with Gasteiger partial charge in [-0.05, 0) is 36.6 Å². The fraction of sp³-hybridized carbons (Fsp3) is 0.684. The van der Waals surface area contributed by atoms with Crippen molar-refractivity contribution in [1.29, 1.82) is 0 Å². The summed E-state index contributed by atoms with van der Waals surface area (Å²) in [6.07, 6.45) is 3.14. The number of nitrogens with one attached hydrogen (secondary N) is 1. The molecule has 25 heavy (non-hydrogen) atoms. The first-order valence-electron chi connectivity index (χ1n) is 9.31. The van der Waals surface area contributed by atoms with Gasteiger partial charge in [0.25, 0.3) is 0 Å². The predicted molar refractivity (Wildman–Crippen MR) is 104 cm³/mol. The molecule has 2 saturated heterocycles. The normalized spacial score (nSPS) is 21.7. The lowest BCUT2D eigenvalue weighted by Crippen LogP contribution is -2.44. The monoisotopic (exact) mass is 344 g/mol. The minimum atomic E-state index is 0.378. The molecule has 3 heterocycles. The van der Waals surface area contributed by atoms with Crippen molar-refractivity contribution in [2.24, 2.45) is 10.4 Å². The van der Waals surface area contributed by atoms with E-state index in [1.165, 1.54) is 12.0 Å². The van der Waals surface area contributed by atoms with E-state index < -0.39 is 0 Å². The zero-order valence-corrected chi connectivity index (χ0v) is 16.1. The summed E-state index contributed by atoms with van der Waals surface area (Å²) in [5, 5.41) is 3.52. The van der Waals surface area contributed by atoms with Gasteiger partial charge in [-0.1, -0.05) is 13.8 Å². The topological polar surface area (TPSA) is 47.0 Å². The average molecular weight is 345 g/mol. The number of hydrogen-bond donors (Lipinski definition) is 1. The molecule has 2 aliphatic heterocycles. The van der Waals surface area contributed by atoms with Crippen LogP contribution < -0.4 is 10.2 Å². The molecule has 6 nitrogen and oxygen atoms in total. The smallest absolute Gasteiger partial charge is 0.193 e. The van der Waals surface area contributed by atoms with Gasteiger partial charge < -0.3 is 20.0 Å². The molecule has 1 aromatic rings. The number of aromatic nitrogens is 1. The molecule has 1 N–H and O–H groups in total. The second-order valence-corrected chi connectivity index (χ2v) is 8.05. The van der Waals surface area contributed by atoms with Crippen LogP contribution in [-0.4, -0.2) is 74.1 Å². The molecule has 0 aliphatic carbocycles. The number of aliphatic imine (C=N–C) groups is 1. The van der Waals surface area contributed by atoms with Gasteiger partial charge in [0.2, 0.25) is 0 Å². The summed E-state index contributed by atoms with van der Waals surface area (Å²) in [6, 6.07) is 4.30. The summed E-state index contributed by atoms with van der Waals surface area (Å²) in [5.74, 6) is 2.09. The number of piperazine rings is 1. The van der Waals surface area contributed by atoms with Gasteiger partial charge in [-0.3, -0.25) is 4.99 Å². The van der Waals surface area contributed by atoms with Gasteiger partial charge in [-0.15, -0.1) is 0 Å². The number of pyridine rings is 1. The maximum atomic E-state index is 4.57. The van der Waals surface area contributed by atoms with Gasteiger partial charge in [0, 0.05) is 59.1 Å². The van der Waals surface area contributed by atoms with Crippen LogP contribution in [0.25, 0.3) is 0 Å². The summed E-state index contributed by atoms with van der Waals surface area (Å²) < 4.78 is 0. The van der Waals surface area contributed by atoms with E-state index in [0.717, 1.165) is 57.6 Å². The molecule has 0 spiro atoms. The highest BCUT2D eigenvalue weighted by molar-refractivity contribution is 5.80. The van der Waals surface area contributed by atoms with Crippen molar-refractivity contribution in [3.8, 4) is 0 Å². The Labute approximate surface area is 151 Å². The van der Waals surface area contributed by atoms with Crippen LogP contribution in [0.2, 0.25) is 0 Å². The molecule has 0 bridgehead atoms. The van der Waals surface area contributed by atoms with E-state index in [0.29, 0.717) is 5.41 Å². The minimum Gasteiger partial charge on any atom is -0.354 e. The Bertz CT molecular complexity index is 604. The van der Waals surface area contributed by atoms with Crippen LogP contribution >= 0.6 is 0 Å². The minimum absolute atomic E-state index is 0.378. The molecular weight excluding hydrogens is 312 g/mol. The lowest BCUT2D eigenvalue weighted by atomic mass is 9.93. The molecule has 0 atom stereocenters. The van der Waals surface area contributed by atoms with Gasteiger partial charge in [-0.2, -0.15) is 0 Å². The maximum absolute atomic E-state index is 4.57. The predicted octanol–water partition coefficient (Wildman–Crippen LogP) is 1.64. The second-order valence-electron chi connectivity index (χ2n) is 8.05. The number of rotatable bonds is 3. The first kappa shape index (κ1) is 18.0. The standard InChI is InChI=1S/C19H32N6/c1-19(2)6-8-25(15-19)18(20-3)22-14-16-5-7-21-17(13-16)24-11-9-23(4)10-12-24/h5,7,13H,6,8-12,14-15H2,1-4H3,(H,20,22). The summed E-state index contributed by atoms with van der Waals surface area (Å²) >= 11 is 0. The van der Waals surface area contributed by atoms with Gasteiger partial charge in [-0.25, -0.2) is 4.98 Å². The molecule has 3 rings (SSSR count). The maximum Gasteiger partial charge on any atom is 0.193 e. The van der Waals surface area contributed by atoms with Crippen molar-refractivity contribution in [2.75, 3.05) is 58.3 Å². The quantitative estimate of drug-likeness (QED) is 0.667. The van der Waals surface area contributed by atoms with Crippen molar-refractivity contribution in [2.45, 2.75) is 26.8 Å². The Morgan fingerprint density at radius 2 is 2.00 bits per heavy atom. The van der Waals surface area contributed by atoms with E-state index >= 15 is 0 Å². The largest absolute Gasteiger partial charge is 0.354 e. The zero-order valence-electron chi connectivity index (χ0n) is 16.1.